The molecule has 1 unspecified atom stereocenters. The van der Waals surface area contributed by atoms with Crippen molar-refractivity contribution in [1.29, 1.82) is 0 Å². The van der Waals surface area contributed by atoms with Crippen LogP contribution in [0.5, 0.6) is 5.75 Å². The molecule has 0 heterocycles. The van der Waals surface area contributed by atoms with Crippen LogP contribution in [0.3, 0.4) is 0 Å². The molecule has 1 saturated carbocycles. The van der Waals surface area contributed by atoms with Crippen molar-refractivity contribution in [1.82, 2.24) is 4.90 Å². The Bertz CT molecular complexity index is 662. The Morgan fingerprint density at radius 2 is 1.79 bits per heavy atom. The molecular weight excluding hydrogens is 298 g/mol. The lowest BCUT2D eigenvalue weighted by Crippen LogP contribution is -2.28. The van der Waals surface area contributed by atoms with Crippen molar-refractivity contribution in [2.75, 3.05) is 14.2 Å². The fraction of sp³-hybridized carbons (Fsp3) is 0.381. The summed E-state index contributed by atoms with van der Waals surface area (Å²) in [6, 6.07) is 18.3. The average molecular weight is 323 g/mol. The van der Waals surface area contributed by atoms with Crippen LogP contribution in [0.1, 0.15) is 36.3 Å². The molecule has 3 rings (SSSR count). The number of benzene rings is 2. The van der Waals surface area contributed by atoms with Crippen molar-refractivity contribution in [3.05, 3.63) is 65.7 Å². The zero-order valence-electron chi connectivity index (χ0n) is 14.4. The smallest absolute Gasteiger partial charge is 0.223 e. The SMILES string of the molecule is COc1ccc(C(CC(=O)N(C)Cc2ccccc2)C2CC2)cc1. The van der Waals surface area contributed by atoms with Crippen LogP contribution in [-0.4, -0.2) is 25.0 Å². The number of carbonyl (C=O) groups excluding carboxylic acids is 1. The molecule has 0 radical (unpaired) electrons. The van der Waals surface area contributed by atoms with Gasteiger partial charge in [0, 0.05) is 20.0 Å². The van der Waals surface area contributed by atoms with Gasteiger partial charge in [-0.05, 0) is 47.9 Å². The van der Waals surface area contributed by atoms with E-state index < -0.39 is 0 Å². The van der Waals surface area contributed by atoms with Crippen molar-refractivity contribution in [3.8, 4) is 5.75 Å². The summed E-state index contributed by atoms with van der Waals surface area (Å²) in [4.78, 5) is 14.5. The van der Waals surface area contributed by atoms with E-state index in [0.29, 0.717) is 24.8 Å². The number of amides is 1. The maximum atomic E-state index is 12.7. The molecule has 3 nitrogen and oxygen atoms in total. The Hall–Kier alpha value is -2.29. The molecule has 1 aliphatic rings. The van der Waals surface area contributed by atoms with Crippen molar-refractivity contribution < 1.29 is 9.53 Å². The summed E-state index contributed by atoms with van der Waals surface area (Å²) in [7, 11) is 3.57. The second-order valence-electron chi connectivity index (χ2n) is 6.66. The second kappa shape index (κ2) is 7.52. The third-order valence-corrected chi connectivity index (χ3v) is 4.82. The minimum atomic E-state index is 0.214. The first-order valence-electron chi connectivity index (χ1n) is 8.59. The monoisotopic (exact) mass is 323 g/mol. The topological polar surface area (TPSA) is 29.5 Å². The summed E-state index contributed by atoms with van der Waals surface area (Å²) in [6.45, 7) is 0.666. The molecule has 1 atom stereocenters. The molecule has 2 aromatic rings. The fourth-order valence-corrected chi connectivity index (χ4v) is 3.20. The first-order valence-corrected chi connectivity index (χ1v) is 8.59. The zero-order chi connectivity index (χ0) is 16.9. The largest absolute Gasteiger partial charge is 0.497 e. The van der Waals surface area contributed by atoms with E-state index in [9.17, 15) is 4.79 Å². The number of rotatable bonds is 7. The minimum absolute atomic E-state index is 0.214. The van der Waals surface area contributed by atoms with Gasteiger partial charge >= 0.3 is 0 Å². The highest BCUT2D eigenvalue weighted by atomic mass is 16.5. The van der Waals surface area contributed by atoms with Crippen molar-refractivity contribution in [2.24, 2.45) is 5.92 Å². The van der Waals surface area contributed by atoms with E-state index in [-0.39, 0.29) is 5.91 Å². The maximum Gasteiger partial charge on any atom is 0.223 e. The van der Waals surface area contributed by atoms with Gasteiger partial charge < -0.3 is 9.64 Å². The van der Waals surface area contributed by atoms with E-state index in [1.807, 2.05) is 42.3 Å². The summed E-state index contributed by atoms with van der Waals surface area (Å²) >= 11 is 0. The fourth-order valence-electron chi connectivity index (χ4n) is 3.20. The van der Waals surface area contributed by atoms with Crippen LogP contribution in [0.4, 0.5) is 0 Å². The number of carbonyl (C=O) groups is 1. The van der Waals surface area contributed by atoms with Crippen molar-refractivity contribution in [3.63, 3.8) is 0 Å². The van der Waals surface area contributed by atoms with Gasteiger partial charge in [0.1, 0.15) is 5.75 Å². The number of nitrogens with zero attached hydrogens (tertiary/aromatic N) is 1. The molecule has 2 aromatic carbocycles. The molecule has 3 heteroatoms. The lowest BCUT2D eigenvalue weighted by Gasteiger charge is -2.22. The second-order valence-corrected chi connectivity index (χ2v) is 6.66. The van der Waals surface area contributed by atoms with Crippen LogP contribution in [0.2, 0.25) is 0 Å². The van der Waals surface area contributed by atoms with E-state index >= 15 is 0 Å². The highest BCUT2D eigenvalue weighted by Crippen LogP contribution is 2.45. The van der Waals surface area contributed by atoms with E-state index in [0.717, 1.165) is 5.75 Å². The van der Waals surface area contributed by atoms with Gasteiger partial charge in [0.2, 0.25) is 5.91 Å². The molecule has 1 aliphatic carbocycles. The molecule has 0 aromatic heterocycles. The van der Waals surface area contributed by atoms with Crippen LogP contribution < -0.4 is 4.74 Å². The molecule has 1 amide bonds. The quantitative estimate of drug-likeness (QED) is 0.763. The Morgan fingerprint density at radius 3 is 2.38 bits per heavy atom. The van der Waals surface area contributed by atoms with Gasteiger partial charge in [-0.1, -0.05) is 42.5 Å². The van der Waals surface area contributed by atoms with Crippen LogP contribution in [0.25, 0.3) is 0 Å². The molecule has 126 valence electrons. The first kappa shape index (κ1) is 16.6. The molecule has 0 spiro atoms. The Kier molecular flexibility index (Phi) is 5.19. The van der Waals surface area contributed by atoms with Gasteiger partial charge in [-0.3, -0.25) is 4.79 Å². The molecular formula is C21H25NO2. The van der Waals surface area contributed by atoms with Crippen LogP contribution in [-0.2, 0) is 11.3 Å². The van der Waals surface area contributed by atoms with Crippen molar-refractivity contribution >= 4 is 5.91 Å². The van der Waals surface area contributed by atoms with E-state index in [1.165, 1.54) is 24.0 Å². The predicted molar refractivity (Wildman–Crippen MR) is 96.0 cm³/mol. The summed E-state index contributed by atoms with van der Waals surface area (Å²) in [5.41, 5.74) is 2.42. The standard InChI is InChI=1S/C21H25NO2/c1-22(15-16-6-4-3-5-7-16)21(23)14-20(17-8-9-17)18-10-12-19(24-2)13-11-18/h3-7,10-13,17,20H,8-9,14-15H2,1-2H3. The van der Waals surface area contributed by atoms with Crippen LogP contribution in [0, 0.1) is 5.92 Å². The van der Waals surface area contributed by atoms with Gasteiger partial charge in [-0.25, -0.2) is 0 Å². The number of ether oxygens (including phenoxy) is 1. The van der Waals surface area contributed by atoms with E-state index in [1.54, 1.807) is 7.11 Å². The lowest BCUT2D eigenvalue weighted by atomic mass is 9.90. The summed E-state index contributed by atoms with van der Waals surface area (Å²) in [5.74, 6) is 2.04. The van der Waals surface area contributed by atoms with Gasteiger partial charge in [0.25, 0.3) is 0 Å². The van der Waals surface area contributed by atoms with E-state index in [4.69, 9.17) is 4.74 Å². The first-order chi connectivity index (χ1) is 11.7. The molecule has 1 fully saturated rings. The van der Waals surface area contributed by atoms with Gasteiger partial charge in [0.15, 0.2) is 0 Å². The normalized spacial score (nSPS) is 14.9. The minimum Gasteiger partial charge on any atom is -0.497 e. The number of hydrogen-bond acceptors (Lipinski definition) is 2. The Labute approximate surface area is 144 Å². The summed E-state index contributed by atoms with van der Waals surface area (Å²) < 4.78 is 5.24. The van der Waals surface area contributed by atoms with E-state index in [2.05, 4.69) is 24.3 Å². The zero-order valence-corrected chi connectivity index (χ0v) is 14.4. The van der Waals surface area contributed by atoms with Gasteiger partial charge in [-0.15, -0.1) is 0 Å². The van der Waals surface area contributed by atoms with Gasteiger partial charge in [0.05, 0.1) is 7.11 Å². The molecule has 0 saturated heterocycles. The lowest BCUT2D eigenvalue weighted by molar-refractivity contribution is -0.131. The maximum absolute atomic E-state index is 12.7. The molecule has 0 bridgehead atoms. The van der Waals surface area contributed by atoms with Crippen LogP contribution >= 0.6 is 0 Å². The summed E-state index contributed by atoms with van der Waals surface area (Å²) in [6.07, 6.45) is 3.04. The predicted octanol–water partition coefficient (Wildman–Crippen LogP) is 4.24. The molecule has 0 N–H and O–H groups in total. The van der Waals surface area contributed by atoms with Crippen LogP contribution in [0.15, 0.2) is 54.6 Å². The third kappa shape index (κ3) is 4.16. The molecule has 0 aliphatic heterocycles. The Balaban J connectivity index is 1.65. The van der Waals surface area contributed by atoms with Crippen molar-refractivity contribution in [2.45, 2.75) is 31.7 Å². The number of hydrogen-bond donors (Lipinski definition) is 0. The molecule has 24 heavy (non-hydrogen) atoms. The Morgan fingerprint density at radius 1 is 1.12 bits per heavy atom. The third-order valence-electron chi connectivity index (χ3n) is 4.82. The highest BCUT2D eigenvalue weighted by molar-refractivity contribution is 5.77. The highest BCUT2D eigenvalue weighted by Gasteiger charge is 2.34. The average Bonchev–Trinajstić information content (AvgIpc) is 3.45. The number of methoxy groups -OCH3 is 1. The van der Waals surface area contributed by atoms with Gasteiger partial charge in [-0.2, -0.15) is 0 Å². The summed E-state index contributed by atoms with van der Waals surface area (Å²) in [5, 5.41) is 0.